The number of nitriles is 1. The van der Waals surface area contributed by atoms with E-state index in [0.717, 1.165) is 48.7 Å². The number of hydrogen-bond acceptors (Lipinski definition) is 5. The summed E-state index contributed by atoms with van der Waals surface area (Å²) in [4.78, 5) is 35.6. The van der Waals surface area contributed by atoms with E-state index in [0.29, 0.717) is 11.5 Å². The van der Waals surface area contributed by atoms with Crippen LogP contribution >= 0.6 is 0 Å². The number of anilines is 2. The molecule has 1 saturated heterocycles. The number of rotatable bonds is 2. The largest absolute Gasteiger partial charge is 0.342 e. The van der Waals surface area contributed by atoms with Crippen LogP contribution in [0, 0.1) is 17.2 Å². The van der Waals surface area contributed by atoms with Crippen molar-refractivity contribution in [3.05, 3.63) is 63.9 Å². The number of hydrogen-bond donors (Lipinski definition) is 2. The summed E-state index contributed by atoms with van der Waals surface area (Å²) >= 11 is 0. The Morgan fingerprint density at radius 1 is 1.03 bits per heavy atom. The number of carbonyl (C=O) groups excluding carboxylic acids is 1. The summed E-state index contributed by atoms with van der Waals surface area (Å²) in [6.45, 7) is 1.65. The molecule has 2 aliphatic heterocycles. The molecule has 2 aliphatic rings. The van der Waals surface area contributed by atoms with Crippen LogP contribution in [0.4, 0.5) is 11.8 Å². The van der Waals surface area contributed by atoms with Gasteiger partial charge in [-0.3, -0.25) is 14.6 Å². The van der Waals surface area contributed by atoms with Gasteiger partial charge in [0, 0.05) is 19.0 Å². The van der Waals surface area contributed by atoms with E-state index in [1.165, 1.54) is 0 Å². The van der Waals surface area contributed by atoms with Crippen molar-refractivity contribution in [1.29, 1.82) is 5.26 Å². The summed E-state index contributed by atoms with van der Waals surface area (Å²) < 4.78 is 0. The highest BCUT2D eigenvalue weighted by Crippen LogP contribution is 2.40. The van der Waals surface area contributed by atoms with Crippen LogP contribution in [-0.4, -0.2) is 29.0 Å². The molecule has 0 unspecified atom stereocenters. The maximum absolute atomic E-state index is 13.2. The first-order valence-electron chi connectivity index (χ1n) is 10.2. The highest BCUT2D eigenvalue weighted by molar-refractivity contribution is 5.99. The molecule has 1 fully saturated rings. The van der Waals surface area contributed by atoms with Crippen LogP contribution in [-0.2, 0) is 4.79 Å². The minimum atomic E-state index is -1.01. The molecule has 1 aromatic heterocycles. The third-order valence-corrected chi connectivity index (χ3v) is 6.06. The van der Waals surface area contributed by atoms with Crippen molar-refractivity contribution in [2.24, 2.45) is 5.92 Å². The fourth-order valence-corrected chi connectivity index (χ4v) is 4.61. The number of aromatic nitrogens is 2. The van der Waals surface area contributed by atoms with E-state index in [4.69, 9.17) is 0 Å². The first-order valence-corrected chi connectivity index (χ1v) is 10.2. The second-order valence-electron chi connectivity index (χ2n) is 7.84. The summed E-state index contributed by atoms with van der Waals surface area (Å²) in [6.07, 6.45) is 3.25. The van der Waals surface area contributed by atoms with Crippen molar-refractivity contribution in [1.82, 2.24) is 9.97 Å². The molecular formula is C23H21N5O2. The summed E-state index contributed by atoms with van der Waals surface area (Å²) in [6, 6.07) is 15.7. The summed E-state index contributed by atoms with van der Waals surface area (Å²) in [5.41, 5.74) is 0.825. The third kappa shape index (κ3) is 2.92. The number of benzene rings is 2. The van der Waals surface area contributed by atoms with Crippen molar-refractivity contribution >= 4 is 28.4 Å². The van der Waals surface area contributed by atoms with Crippen molar-refractivity contribution in [3.8, 4) is 6.07 Å². The van der Waals surface area contributed by atoms with E-state index in [-0.39, 0.29) is 11.4 Å². The molecule has 2 atom stereocenters. The minimum absolute atomic E-state index is 0.258. The molecule has 3 heterocycles. The lowest BCUT2D eigenvalue weighted by molar-refractivity contribution is -0.119. The van der Waals surface area contributed by atoms with Gasteiger partial charge in [-0.15, -0.1) is 0 Å². The Morgan fingerprint density at radius 3 is 2.60 bits per heavy atom. The Balaban J connectivity index is 1.71. The van der Waals surface area contributed by atoms with Crippen molar-refractivity contribution in [2.45, 2.75) is 25.2 Å². The van der Waals surface area contributed by atoms with Crippen LogP contribution in [0.15, 0.2) is 47.3 Å². The van der Waals surface area contributed by atoms with E-state index in [2.05, 4.69) is 21.4 Å². The summed E-state index contributed by atoms with van der Waals surface area (Å²) in [5, 5.41) is 14.4. The Labute approximate surface area is 173 Å². The molecule has 0 spiro atoms. The SMILES string of the molecule is N#C[C@@H]1C(=O)Nc2nc(N3CCCCC3)[nH]c(=O)c2[C@H]1c1cccc2ccccc12. The molecule has 1 amide bonds. The summed E-state index contributed by atoms with van der Waals surface area (Å²) in [7, 11) is 0. The number of amides is 1. The lowest BCUT2D eigenvalue weighted by atomic mass is 9.77. The second kappa shape index (κ2) is 7.30. The number of nitrogens with zero attached hydrogens (tertiary/aromatic N) is 3. The summed E-state index contributed by atoms with van der Waals surface area (Å²) in [5.74, 6) is -1.38. The molecule has 7 heteroatoms. The highest BCUT2D eigenvalue weighted by atomic mass is 16.2. The van der Waals surface area contributed by atoms with Crippen molar-refractivity contribution < 1.29 is 4.79 Å². The maximum Gasteiger partial charge on any atom is 0.258 e. The number of fused-ring (bicyclic) bond motifs is 2. The topological polar surface area (TPSA) is 102 Å². The minimum Gasteiger partial charge on any atom is -0.342 e. The predicted molar refractivity (Wildman–Crippen MR) is 114 cm³/mol. The normalized spacial score (nSPS) is 21.0. The average Bonchev–Trinajstić information content (AvgIpc) is 2.78. The Hall–Kier alpha value is -3.66. The Kier molecular flexibility index (Phi) is 4.47. The van der Waals surface area contributed by atoms with Crippen LogP contribution in [0.1, 0.15) is 36.3 Å². The van der Waals surface area contributed by atoms with Crippen LogP contribution in [0.5, 0.6) is 0 Å². The number of nitrogens with one attached hydrogen (secondary N) is 2. The van der Waals surface area contributed by atoms with Gasteiger partial charge in [0.15, 0.2) is 0 Å². The number of carbonyl (C=O) groups is 1. The highest BCUT2D eigenvalue weighted by Gasteiger charge is 2.41. The predicted octanol–water partition coefficient (Wildman–Crippen LogP) is 3.14. The van der Waals surface area contributed by atoms with Crippen molar-refractivity contribution in [2.75, 3.05) is 23.3 Å². The monoisotopic (exact) mass is 399 g/mol. The molecule has 0 aliphatic carbocycles. The zero-order valence-electron chi connectivity index (χ0n) is 16.4. The first kappa shape index (κ1) is 18.4. The molecule has 2 aromatic carbocycles. The van der Waals surface area contributed by atoms with Gasteiger partial charge in [-0.2, -0.15) is 10.2 Å². The lowest BCUT2D eigenvalue weighted by Gasteiger charge is -2.31. The van der Waals surface area contributed by atoms with Gasteiger partial charge in [-0.1, -0.05) is 42.5 Å². The van der Waals surface area contributed by atoms with E-state index in [1.807, 2.05) is 47.4 Å². The molecule has 0 bridgehead atoms. The van der Waals surface area contributed by atoms with Gasteiger partial charge in [0.1, 0.15) is 11.7 Å². The smallest absolute Gasteiger partial charge is 0.258 e. The van der Waals surface area contributed by atoms with Gasteiger partial charge in [-0.05, 0) is 35.6 Å². The lowest BCUT2D eigenvalue weighted by Crippen LogP contribution is -2.40. The van der Waals surface area contributed by atoms with Gasteiger partial charge < -0.3 is 10.2 Å². The van der Waals surface area contributed by atoms with E-state index < -0.39 is 17.7 Å². The van der Waals surface area contributed by atoms with Gasteiger partial charge in [-0.25, -0.2) is 0 Å². The van der Waals surface area contributed by atoms with Crippen LogP contribution in [0.3, 0.4) is 0 Å². The molecule has 0 saturated carbocycles. The van der Waals surface area contributed by atoms with Crippen LogP contribution < -0.4 is 15.8 Å². The fraction of sp³-hybridized carbons (Fsp3) is 0.304. The standard InChI is InChI=1S/C23H21N5O2/c24-13-17-18(16-10-6-8-14-7-2-3-9-15(14)16)19-20(25-21(17)29)26-23(27-22(19)30)28-11-4-1-5-12-28/h2-3,6-10,17-18H,1,4-5,11-12H2,(H2,25,26,27,29,30)/t17-,18-/m0/s1. The number of piperidine rings is 1. The molecule has 150 valence electrons. The molecule has 5 rings (SSSR count). The molecular weight excluding hydrogens is 378 g/mol. The molecule has 3 aromatic rings. The van der Waals surface area contributed by atoms with Crippen LogP contribution in [0.25, 0.3) is 10.8 Å². The van der Waals surface area contributed by atoms with E-state index >= 15 is 0 Å². The molecule has 30 heavy (non-hydrogen) atoms. The van der Waals surface area contributed by atoms with Gasteiger partial charge in [0.2, 0.25) is 11.9 Å². The molecule has 7 nitrogen and oxygen atoms in total. The average molecular weight is 399 g/mol. The number of H-pyrrole nitrogens is 1. The quantitative estimate of drug-likeness (QED) is 0.689. The third-order valence-electron chi connectivity index (χ3n) is 6.06. The van der Waals surface area contributed by atoms with Crippen LogP contribution in [0.2, 0.25) is 0 Å². The van der Waals surface area contributed by atoms with Gasteiger partial charge in [0.25, 0.3) is 5.56 Å². The van der Waals surface area contributed by atoms with Gasteiger partial charge >= 0.3 is 0 Å². The Morgan fingerprint density at radius 2 is 1.80 bits per heavy atom. The first-order chi connectivity index (χ1) is 14.7. The Bertz CT molecular complexity index is 1230. The van der Waals surface area contributed by atoms with E-state index in [1.54, 1.807) is 0 Å². The van der Waals surface area contributed by atoms with Crippen molar-refractivity contribution in [3.63, 3.8) is 0 Å². The van der Waals surface area contributed by atoms with E-state index in [9.17, 15) is 14.9 Å². The molecule has 0 radical (unpaired) electrons. The van der Waals surface area contributed by atoms with Gasteiger partial charge in [0.05, 0.1) is 11.6 Å². The maximum atomic E-state index is 13.2. The zero-order valence-corrected chi connectivity index (χ0v) is 16.4. The number of aromatic amines is 1. The fourth-order valence-electron chi connectivity index (χ4n) is 4.61. The second-order valence-corrected chi connectivity index (χ2v) is 7.84. The zero-order chi connectivity index (χ0) is 20.7. The molecule has 2 N–H and O–H groups in total.